The van der Waals surface area contributed by atoms with Gasteiger partial charge in [-0.2, -0.15) is 13.2 Å². The van der Waals surface area contributed by atoms with Gasteiger partial charge >= 0.3 is 12.1 Å². The van der Waals surface area contributed by atoms with Crippen molar-refractivity contribution in [3.63, 3.8) is 0 Å². The van der Waals surface area contributed by atoms with Crippen molar-refractivity contribution in [1.29, 1.82) is 0 Å². The van der Waals surface area contributed by atoms with Crippen LogP contribution in [0.4, 0.5) is 13.2 Å². The third kappa shape index (κ3) is 4.30. The molecule has 0 fully saturated rings. The van der Waals surface area contributed by atoms with E-state index >= 15 is 0 Å². The SMILES string of the molecule is CCOC(=O)C(C)c1cccc(-c2ccc(C(F)(F)F)c(OC)c2C=O)c1. The van der Waals surface area contributed by atoms with Gasteiger partial charge in [0.2, 0.25) is 0 Å². The second-order valence-electron chi connectivity index (χ2n) is 5.82. The smallest absolute Gasteiger partial charge is 0.419 e. The Labute approximate surface area is 154 Å². The minimum absolute atomic E-state index is 0.201. The number of carbonyl (C=O) groups is 2. The predicted molar refractivity (Wildman–Crippen MR) is 93.9 cm³/mol. The maximum Gasteiger partial charge on any atom is 0.419 e. The molecular formula is C20H19F3O4. The summed E-state index contributed by atoms with van der Waals surface area (Å²) in [6.07, 6.45) is -4.31. The molecule has 0 aliphatic rings. The van der Waals surface area contributed by atoms with Crippen molar-refractivity contribution in [3.05, 3.63) is 53.1 Å². The van der Waals surface area contributed by atoms with Crippen molar-refractivity contribution in [3.8, 4) is 16.9 Å². The number of rotatable bonds is 6. The number of ether oxygens (including phenoxy) is 2. The highest BCUT2D eigenvalue weighted by Crippen LogP contribution is 2.41. The van der Waals surface area contributed by atoms with E-state index in [1.165, 1.54) is 6.07 Å². The quantitative estimate of drug-likeness (QED) is 0.531. The predicted octanol–water partition coefficient (Wildman–Crippen LogP) is 4.86. The largest absolute Gasteiger partial charge is 0.495 e. The standard InChI is InChI=1S/C20H19F3O4/c1-4-27-19(25)12(2)13-6-5-7-14(10-13)15-8-9-17(20(21,22)23)18(26-3)16(15)11-24/h5-12H,4H2,1-3H3. The van der Waals surface area contributed by atoms with Crippen molar-refractivity contribution in [1.82, 2.24) is 0 Å². The van der Waals surface area contributed by atoms with Crippen LogP contribution in [-0.4, -0.2) is 26.0 Å². The van der Waals surface area contributed by atoms with Gasteiger partial charge < -0.3 is 9.47 Å². The Hall–Kier alpha value is -2.83. The van der Waals surface area contributed by atoms with Crippen LogP contribution >= 0.6 is 0 Å². The Kier molecular flexibility index (Phi) is 6.25. The molecule has 0 aromatic heterocycles. The number of hydrogen-bond donors (Lipinski definition) is 0. The van der Waals surface area contributed by atoms with Gasteiger partial charge in [0.15, 0.2) is 6.29 Å². The molecule has 1 unspecified atom stereocenters. The van der Waals surface area contributed by atoms with Crippen LogP contribution in [0.3, 0.4) is 0 Å². The Morgan fingerprint density at radius 2 is 1.93 bits per heavy atom. The van der Waals surface area contributed by atoms with Crippen LogP contribution in [0.1, 0.15) is 41.3 Å². The van der Waals surface area contributed by atoms with E-state index < -0.39 is 29.4 Å². The molecule has 0 saturated heterocycles. The molecule has 0 bridgehead atoms. The van der Waals surface area contributed by atoms with Gasteiger partial charge in [-0.15, -0.1) is 0 Å². The lowest BCUT2D eigenvalue weighted by atomic mass is 9.92. The van der Waals surface area contributed by atoms with Crippen LogP contribution in [0.15, 0.2) is 36.4 Å². The van der Waals surface area contributed by atoms with E-state index in [0.29, 0.717) is 17.4 Å². The lowest BCUT2D eigenvalue weighted by molar-refractivity contribution is -0.144. The first-order chi connectivity index (χ1) is 12.7. The monoisotopic (exact) mass is 380 g/mol. The molecule has 0 spiro atoms. The molecule has 2 aromatic rings. The molecule has 4 nitrogen and oxygen atoms in total. The van der Waals surface area contributed by atoms with Crippen LogP contribution in [0, 0.1) is 0 Å². The first-order valence-electron chi connectivity index (χ1n) is 8.24. The molecule has 2 rings (SSSR count). The normalized spacial score (nSPS) is 12.4. The van der Waals surface area contributed by atoms with E-state index in [4.69, 9.17) is 9.47 Å². The van der Waals surface area contributed by atoms with Gasteiger partial charge in [0, 0.05) is 0 Å². The molecule has 0 amide bonds. The first-order valence-corrected chi connectivity index (χ1v) is 8.24. The summed E-state index contributed by atoms with van der Waals surface area (Å²) in [5, 5.41) is 0. The minimum Gasteiger partial charge on any atom is -0.495 e. The maximum atomic E-state index is 13.2. The van der Waals surface area contributed by atoms with Crippen molar-refractivity contribution in [2.45, 2.75) is 25.9 Å². The molecule has 0 heterocycles. The van der Waals surface area contributed by atoms with Crippen molar-refractivity contribution in [2.24, 2.45) is 0 Å². The summed E-state index contributed by atoms with van der Waals surface area (Å²) in [5.41, 5.74) is 0.187. The molecule has 7 heteroatoms. The number of esters is 1. The first kappa shape index (κ1) is 20.5. The fraction of sp³-hybridized carbons (Fsp3) is 0.300. The van der Waals surface area contributed by atoms with Gasteiger partial charge in [0.05, 0.1) is 30.8 Å². The summed E-state index contributed by atoms with van der Waals surface area (Å²) in [5.74, 6) is -1.49. The summed E-state index contributed by atoms with van der Waals surface area (Å²) in [6.45, 7) is 3.62. The Morgan fingerprint density at radius 1 is 1.22 bits per heavy atom. The van der Waals surface area contributed by atoms with Gasteiger partial charge in [0.25, 0.3) is 0 Å². The van der Waals surface area contributed by atoms with Crippen LogP contribution in [0.25, 0.3) is 11.1 Å². The third-order valence-corrected chi connectivity index (χ3v) is 4.16. The van der Waals surface area contributed by atoms with Gasteiger partial charge in [0.1, 0.15) is 5.75 Å². The summed E-state index contributed by atoms with van der Waals surface area (Å²) in [6, 6.07) is 8.78. The fourth-order valence-corrected chi connectivity index (χ4v) is 2.79. The third-order valence-electron chi connectivity index (χ3n) is 4.16. The maximum absolute atomic E-state index is 13.2. The highest BCUT2D eigenvalue weighted by atomic mass is 19.4. The van der Waals surface area contributed by atoms with Crippen molar-refractivity contribution >= 4 is 12.3 Å². The highest BCUT2D eigenvalue weighted by Gasteiger charge is 2.36. The molecule has 144 valence electrons. The van der Waals surface area contributed by atoms with Crippen molar-refractivity contribution < 1.29 is 32.2 Å². The van der Waals surface area contributed by atoms with Gasteiger partial charge in [-0.3, -0.25) is 9.59 Å². The fourth-order valence-electron chi connectivity index (χ4n) is 2.79. The number of hydrogen-bond acceptors (Lipinski definition) is 4. The van der Waals surface area contributed by atoms with E-state index in [2.05, 4.69) is 0 Å². The molecule has 0 radical (unpaired) electrons. The zero-order valence-corrected chi connectivity index (χ0v) is 15.1. The van der Waals surface area contributed by atoms with Crippen molar-refractivity contribution in [2.75, 3.05) is 13.7 Å². The molecule has 1 atom stereocenters. The van der Waals surface area contributed by atoms with Crippen LogP contribution in [-0.2, 0) is 15.7 Å². The number of methoxy groups -OCH3 is 1. The molecule has 0 N–H and O–H groups in total. The molecule has 2 aromatic carbocycles. The summed E-state index contributed by atoms with van der Waals surface area (Å²) < 4.78 is 49.4. The van der Waals surface area contributed by atoms with E-state index in [-0.39, 0.29) is 17.7 Å². The second kappa shape index (κ2) is 8.24. The zero-order chi connectivity index (χ0) is 20.2. The van der Waals surface area contributed by atoms with E-state index in [9.17, 15) is 22.8 Å². The number of halogens is 3. The molecule has 0 aliphatic carbocycles. The van der Waals surface area contributed by atoms with E-state index in [0.717, 1.165) is 13.2 Å². The lowest BCUT2D eigenvalue weighted by Crippen LogP contribution is -2.13. The van der Waals surface area contributed by atoms with E-state index in [1.54, 1.807) is 38.1 Å². The molecule has 0 saturated carbocycles. The van der Waals surface area contributed by atoms with Gasteiger partial charge in [-0.05, 0) is 36.6 Å². The molecule has 27 heavy (non-hydrogen) atoms. The van der Waals surface area contributed by atoms with Crippen LogP contribution in [0.2, 0.25) is 0 Å². The Morgan fingerprint density at radius 3 is 2.48 bits per heavy atom. The zero-order valence-electron chi connectivity index (χ0n) is 15.1. The number of carbonyl (C=O) groups excluding carboxylic acids is 2. The van der Waals surface area contributed by atoms with E-state index in [1.807, 2.05) is 0 Å². The van der Waals surface area contributed by atoms with Gasteiger partial charge in [-0.25, -0.2) is 0 Å². The van der Waals surface area contributed by atoms with Crippen LogP contribution in [0.5, 0.6) is 5.75 Å². The number of alkyl halides is 3. The molecular weight excluding hydrogens is 361 g/mol. The Bertz CT molecular complexity index is 844. The lowest BCUT2D eigenvalue weighted by Gasteiger charge is -2.17. The average Bonchev–Trinajstić information content (AvgIpc) is 2.65. The minimum atomic E-state index is -4.65. The number of aldehydes is 1. The average molecular weight is 380 g/mol. The second-order valence-corrected chi connectivity index (χ2v) is 5.82. The summed E-state index contributed by atoms with van der Waals surface area (Å²) in [4.78, 5) is 23.5. The topological polar surface area (TPSA) is 52.6 Å². The van der Waals surface area contributed by atoms with Crippen LogP contribution < -0.4 is 4.74 Å². The summed E-state index contributed by atoms with van der Waals surface area (Å²) in [7, 11) is 1.08. The molecule has 0 aliphatic heterocycles. The Balaban J connectivity index is 2.57. The summed E-state index contributed by atoms with van der Waals surface area (Å²) >= 11 is 0. The highest BCUT2D eigenvalue weighted by molar-refractivity contribution is 5.92. The number of benzene rings is 2. The van der Waals surface area contributed by atoms with Gasteiger partial charge in [-0.1, -0.05) is 30.3 Å².